The molecule has 0 radical (unpaired) electrons. The van der Waals surface area contributed by atoms with E-state index in [0.717, 1.165) is 46.2 Å². The van der Waals surface area contributed by atoms with E-state index in [2.05, 4.69) is 20.4 Å². The first-order chi connectivity index (χ1) is 14.2. The monoisotopic (exact) mass is 387 g/mol. The zero-order valence-electron chi connectivity index (χ0n) is 16.1. The summed E-state index contributed by atoms with van der Waals surface area (Å²) in [6.07, 6.45) is 5.67. The number of H-pyrrole nitrogens is 2. The van der Waals surface area contributed by atoms with Crippen LogP contribution in [0.2, 0.25) is 0 Å². The van der Waals surface area contributed by atoms with Crippen molar-refractivity contribution in [3.8, 4) is 16.9 Å². The minimum absolute atomic E-state index is 0.0439. The van der Waals surface area contributed by atoms with Crippen molar-refractivity contribution in [2.45, 2.75) is 25.4 Å². The van der Waals surface area contributed by atoms with Gasteiger partial charge in [-0.15, -0.1) is 0 Å². The zero-order chi connectivity index (χ0) is 19.8. The number of benzene rings is 2. The predicted octanol–water partition coefficient (Wildman–Crippen LogP) is 3.77. The Hall–Kier alpha value is -3.61. The Morgan fingerprint density at radius 1 is 1.21 bits per heavy atom. The standard InChI is InChI=1S/C22H21N5O2/c1-29-18-4-2-3-14(9-18)13-27(17-6-7-17)22(28)21-19-8-5-15(10-20(19)25-26-21)16-11-23-24-12-16/h2-5,8-12,17H,6-7,13H2,1H3,(H,23,24)(H,25,26). The van der Waals surface area contributed by atoms with Gasteiger partial charge in [0.15, 0.2) is 5.69 Å². The van der Waals surface area contributed by atoms with E-state index in [0.29, 0.717) is 12.2 Å². The van der Waals surface area contributed by atoms with Gasteiger partial charge in [0.05, 0.1) is 18.8 Å². The minimum atomic E-state index is -0.0439. The third-order valence-electron chi connectivity index (χ3n) is 5.33. The second kappa shape index (κ2) is 7.09. The van der Waals surface area contributed by atoms with Crippen molar-refractivity contribution in [1.29, 1.82) is 0 Å². The molecule has 1 aliphatic rings. The summed E-state index contributed by atoms with van der Waals surface area (Å²) < 4.78 is 5.32. The number of aromatic amines is 2. The van der Waals surface area contributed by atoms with Crippen molar-refractivity contribution < 1.29 is 9.53 Å². The summed E-state index contributed by atoms with van der Waals surface area (Å²) in [6.45, 7) is 0.544. The number of nitrogens with zero attached hydrogens (tertiary/aromatic N) is 3. The fourth-order valence-electron chi connectivity index (χ4n) is 3.63. The van der Waals surface area contributed by atoms with E-state index < -0.39 is 0 Å². The zero-order valence-corrected chi connectivity index (χ0v) is 16.1. The molecule has 29 heavy (non-hydrogen) atoms. The van der Waals surface area contributed by atoms with Gasteiger partial charge in [0.2, 0.25) is 0 Å². The highest BCUT2D eigenvalue weighted by atomic mass is 16.5. The van der Waals surface area contributed by atoms with Gasteiger partial charge in [0.1, 0.15) is 5.75 Å². The third kappa shape index (κ3) is 3.35. The fraction of sp³-hybridized carbons (Fsp3) is 0.227. The van der Waals surface area contributed by atoms with Crippen LogP contribution in [0, 0.1) is 0 Å². The van der Waals surface area contributed by atoms with Gasteiger partial charge in [-0.3, -0.25) is 15.0 Å². The number of hydrogen-bond acceptors (Lipinski definition) is 4. The third-order valence-corrected chi connectivity index (χ3v) is 5.33. The summed E-state index contributed by atoms with van der Waals surface area (Å²) in [6, 6.07) is 14.1. The lowest BCUT2D eigenvalue weighted by Crippen LogP contribution is -2.33. The molecule has 0 bridgehead atoms. The largest absolute Gasteiger partial charge is 0.497 e. The summed E-state index contributed by atoms with van der Waals surface area (Å²) in [5.74, 6) is 0.750. The summed E-state index contributed by atoms with van der Waals surface area (Å²) in [7, 11) is 1.65. The number of ether oxygens (including phenoxy) is 1. The van der Waals surface area contributed by atoms with E-state index in [4.69, 9.17) is 4.74 Å². The van der Waals surface area contributed by atoms with Gasteiger partial charge in [-0.1, -0.05) is 18.2 Å². The summed E-state index contributed by atoms with van der Waals surface area (Å²) in [5, 5.41) is 15.0. The molecule has 2 aromatic carbocycles. The van der Waals surface area contributed by atoms with Gasteiger partial charge in [0.25, 0.3) is 5.91 Å². The number of rotatable bonds is 6. The van der Waals surface area contributed by atoms with E-state index in [-0.39, 0.29) is 11.9 Å². The highest BCUT2D eigenvalue weighted by Gasteiger charge is 2.34. The summed E-state index contributed by atoms with van der Waals surface area (Å²) >= 11 is 0. The first-order valence-corrected chi connectivity index (χ1v) is 9.64. The SMILES string of the molecule is COc1cccc(CN(C(=O)c2n[nH]c3cc(-c4cn[nH]c4)ccc23)C2CC2)c1. The average Bonchev–Trinajstić information content (AvgIpc) is 3.27. The van der Waals surface area contributed by atoms with Crippen LogP contribution in [0.1, 0.15) is 28.9 Å². The molecule has 146 valence electrons. The molecular weight excluding hydrogens is 366 g/mol. The molecule has 2 heterocycles. The van der Waals surface area contributed by atoms with Gasteiger partial charge in [0, 0.05) is 29.7 Å². The predicted molar refractivity (Wildman–Crippen MR) is 110 cm³/mol. The molecule has 0 spiro atoms. The molecule has 4 aromatic rings. The van der Waals surface area contributed by atoms with Crippen LogP contribution in [0.5, 0.6) is 5.75 Å². The highest BCUT2D eigenvalue weighted by molar-refractivity contribution is 6.05. The van der Waals surface area contributed by atoms with Gasteiger partial charge in [-0.25, -0.2) is 0 Å². The molecule has 1 aliphatic carbocycles. The molecule has 1 fully saturated rings. The van der Waals surface area contributed by atoms with E-state index in [1.54, 1.807) is 13.3 Å². The number of carbonyl (C=O) groups excluding carboxylic acids is 1. The van der Waals surface area contributed by atoms with Gasteiger partial charge >= 0.3 is 0 Å². The molecule has 7 heteroatoms. The lowest BCUT2D eigenvalue weighted by molar-refractivity contribution is 0.0725. The quantitative estimate of drug-likeness (QED) is 0.527. The Balaban J connectivity index is 1.45. The van der Waals surface area contributed by atoms with E-state index in [9.17, 15) is 4.79 Å². The van der Waals surface area contributed by atoms with Crippen LogP contribution in [0.15, 0.2) is 54.9 Å². The Labute approximate surface area is 167 Å². The Morgan fingerprint density at radius 3 is 2.86 bits per heavy atom. The van der Waals surface area contributed by atoms with E-state index in [1.165, 1.54) is 0 Å². The molecule has 1 amide bonds. The second-order valence-corrected chi connectivity index (χ2v) is 7.34. The number of amides is 1. The highest BCUT2D eigenvalue weighted by Crippen LogP contribution is 2.32. The maximum absolute atomic E-state index is 13.4. The van der Waals surface area contributed by atoms with Crippen molar-refractivity contribution in [2.24, 2.45) is 0 Å². The van der Waals surface area contributed by atoms with Crippen molar-refractivity contribution in [3.05, 3.63) is 66.1 Å². The Bertz CT molecular complexity index is 1160. The number of hydrogen-bond donors (Lipinski definition) is 2. The van der Waals surface area contributed by atoms with Crippen LogP contribution in [-0.2, 0) is 6.54 Å². The van der Waals surface area contributed by atoms with Crippen LogP contribution in [0.3, 0.4) is 0 Å². The molecule has 1 saturated carbocycles. The lowest BCUT2D eigenvalue weighted by atomic mass is 10.1. The summed E-state index contributed by atoms with van der Waals surface area (Å²) in [4.78, 5) is 15.3. The Morgan fingerprint density at radius 2 is 2.10 bits per heavy atom. The van der Waals surface area contributed by atoms with Crippen LogP contribution in [0.25, 0.3) is 22.0 Å². The molecular formula is C22H21N5O2. The molecule has 0 saturated heterocycles. The van der Waals surface area contributed by atoms with Gasteiger partial charge < -0.3 is 9.64 Å². The van der Waals surface area contributed by atoms with Crippen LogP contribution in [0.4, 0.5) is 0 Å². The average molecular weight is 387 g/mol. The second-order valence-electron chi connectivity index (χ2n) is 7.34. The van der Waals surface area contributed by atoms with E-state index in [1.807, 2.05) is 53.6 Å². The summed E-state index contributed by atoms with van der Waals surface area (Å²) in [5.41, 5.74) is 4.36. The van der Waals surface area contributed by atoms with Crippen molar-refractivity contribution in [1.82, 2.24) is 25.3 Å². The van der Waals surface area contributed by atoms with Crippen molar-refractivity contribution in [2.75, 3.05) is 7.11 Å². The Kier molecular flexibility index (Phi) is 4.27. The molecule has 2 N–H and O–H groups in total. The molecule has 7 nitrogen and oxygen atoms in total. The van der Waals surface area contributed by atoms with Gasteiger partial charge in [-0.2, -0.15) is 10.2 Å². The maximum atomic E-state index is 13.4. The molecule has 2 aromatic heterocycles. The molecule has 0 atom stereocenters. The lowest BCUT2D eigenvalue weighted by Gasteiger charge is -2.22. The topological polar surface area (TPSA) is 86.9 Å². The minimum Gasteiger partial charge on any atom is -0.497 e. The first kappa shape index (κ1) is 17.5. The van der Waals surface area contributed by atoms with Gasteiger partial charge in [-0.05, 0) is 48.2 Å². The molecule has 0 aliphatic heterocycles. The van der Waals surface area contributed by atoms with Crippen molar-refractivity contribution >= 4 is 16.8 Å². The number of methoxy groups -OCH3 is 1. The molecule has 5 rings (SSSR count). The van der Waals surface area contributed by atoms with Crippen LogP contribution < -0.4 is 4.74 Å². The van der Waals surface area contributed by atoms with E-state index >= 15 is 0 Å². The number of carbonyl (C=O) groups is 1. The first-order valence-electron chi connectivity index (χ1n) is 9.64. The number of nitrogens with one attached hydrogen (secondary N) is 2. The van der Waals surface area contributed by atoms with Crippen molar-refractivity contribution in [3.63, 3.8) is 0 Å². The maximum Gasteiger partial charge on any atom is 0.275 e. The number of aromatic nitrogens is 4. The number of fused-ring (bicyclic) bond motifs is 1. The fourth-order valence-corrected chi connectivity index (χ4v) is 3.63. The molecule has 0 unspecified atom stereocenters. The smallest absolute Gasteiger partial charge is 0.275 e. The normalized spacial score (nSPS) is 13.6. The van der Waals surface area contributed by atoms with Crippen LogP contribution >= 0.6 is 0 Å². The van der Waals surface area contributed by atoms with Crippen LogP contribution in [-0.4, -0.2) is 44.4 Å².